The van der Waals surface area contributed by atoms with Crippen LogP contribution in [0, 0.1) is 0 Å². The molecule has 3 nitrogen and oxygen atoms in total. The number of nitrogens with zero attached hydrogens (tertiary/aromatic N) is 2. The molecule has 1 atom stereocenters. The second-order valence-electron chi connectivity index (χ2n) is 3.48. The standard InChI is InChI=1S/C11H14BrN3S/c1-3-15-9(4-5-14-15)11(13-2)8-6-10(12)16-7-8/h4-7,11,13H,3H2,1-2H3. The van der Waals surface area contributed by atoms with Crippen LogP contribution in [0.25, 0.3) is 0 Å². The third kappa shape index (κ3) is 2.21. The van der Waals surface area contributed by atoms with E-state index in [-0.39, 0.29) is 6.04 Å². The topological polar surface area (TPSA) is 29.9 Å². The predicted octanol–water partition coefficient (Wildman–Crippen LogP) is 3.04. The number of nitrogens with one attached hydrogen (secondary N) is 1. The Labute approximate surface area is 108 Å². The van der Waals surface area contributed by atoms with E-state index in [0.717, 1.165) is 10.3 Å². The number of rotatable bonds is 4. The van der Waals surface area contributed by atoms with Crippen LogP contribution in [0.3, 0.4) is 0 Å². The summed E-state index contributed by atoms with van der Waals surface area (Å²) in [6.07, 6.45) is 1.85. The molecule has 16 heavy (non-hydrogen) atoms. The zero-order chi connectivity index (χ0) is 11.5. The number of aromatic nitrogens is 2. The van der Waals surface area contributed by atoms with Crippen molar-refractivity contribution in [2.24, 2.45) is 0 Å². The van der Waals surface area contributed by atoms with Gasteiger partial charge in [-0.15, -0.1) is 11.3 Å². The van der Waals surface area contributed by atoms with E-state index in [0.29, 0.717) is 0 Å². The van der Waals surface area contributed by atoms with Crippen molar-refractivity contribution in [1.29, 1.82) is 0 Å². The van der Waals surface area contributed by atoms with Crippen molar-refractivity contribution >= 4 is 27.3 Å². The largest absolute Gasteiger partial charge is 0.308 e. The Hall–Kier alpha value is -0.650. The van der Waals surface area contributed by atoms with Crippen LogP contribution in [0.1, 0.15) is 24.2 Å². The van der Waals surface area contributed by atoms with Crippen LogP contribution in [0.2, 0.25) is 0 Å². The first-order chi connectivity index (χ1) is 7.76. The van der Waals surface area contributed by atoms with Crippen LogP contribution >= 0.6 is 27.3 Å². The number of aryl methyl sites for hydroxylation is 1. The molecule has 0 bridgehead atoms. The zero-order valence-corrected chi connectivity index (χ0v) is 11.7. The maximum absolute atomic E-state index is 4.30. The highest BCUT2D eigenvalue weighted by Crippen LogP contribution is 2.28. The first-order valence-electron chi connectivity index (χ1n) is 5.19. The molecule has 2 rings (SSSR count). The molecule has 0 amide bonds. The average molecular weight is 300 g/mol. The normalized spacial score (nSPS) is 12.9. The lowest BCUT2D eigenvalue weighted by Gasteiger charge is -2.16. The monoisotopic (exact) mass is 299 g/mol. The third-order valence-corrected chi connectivity index (χ3v) is 4.08. The van der Waals surface area contributed by atoms with Crippen molar-refractivity contribution in [2.75, 3.05) is 7.05 Å². The number of hydrogen-bond donors (Lipinski definition) is 1. The van der Waals surface area contributed by atoms with Crippen LogP contribution in [0.15, 0.2) is 27.5 Å². The summed E-state index contributed by atoms with van der Waals surface area (Å²) in [7, 11) is 1.98. The van der Waals surface area contributed by atoms with E-state index in [1.165, 1.54) is 11.3 Å². The summed E-state index contributed by atoms with van der Waals surface area (Å²) < 4.78 is 3.18. The molecule has 2 aromatic rings. The van der Waals surface area contributed by atoms with Crippen LogP contribution in [0.4, 0.5) is 0 Å². The van der Waals surface area contributed by atoms with Crippen molar-refractivity contribution in [3.8, 4) is 0 Å². The van der Waals surface area contributed by atoms with E-state index in [1.807, 2.05) is 17.9 Å². The maximum atomic E-state index is 4.30. The minimum Gasteiger partial charge on any atom is -0.308 e. The summed E-state index contributed by atoms with van der Waals surface area (Å²) in [6.45, 7) is 3.00. The molecule has 0 fully saturated rings. The molecule has 0 radical (unpaired) electrons. The molecule has 2 heterocycles. The van der Waals surface area contributed by atoms with Crippen LogP contribution in [-0.2, 0) is 6.54 Å². The fraction of sp³-hybridized carbons (Fsp3) is 0.364. The summed E-state index contributed by atoms with van der Waals surface area (Å²) in [4.78, 5) is 0. The molecular formula is C11H14BrN3S. The molecule has 0 aliphatic carbocycles. The van der Waals surface area contributed by atoms with Crippen molar-refractivity contribution in [3.63, 3.8) is 0 Å². The molecule has 0 saturated heterocycles. The van der Waals surface area contributed by atoms with E-state index in [1.54, 1.807) is 11.3 Å². The minimum atomic E-state index is 0.213. The van der Waals surface area contributed by atoms with Crippen molar-refractivity contribution < 1.29 is 0 Å². The fourth-order valence-corrected chi connectivity index (χ4v) is 3.01. The van der Waals surface area contributed by atoms with Gasteiger partial charge in [-0.3, -0.25) is 4.68 Å². The van der Waals surface area contributed by atoms with Crippen LogP contribution in [0.5, 0.6) is 0 Å². The molecule has 0 aromatic carbocycles. The van der Waals surface area contributed by atoms with Crippen LogP contribution < -0.4 is 5.32 Å². The van der Waals surface area contributed by atoms with Gasteiger partial charge in [0.15, 0.2) is 0 Å². The molecule has 1 unspecified atom stereocenters. The average Bonchev–Trinajstić information content (AvgIpc) is 2.89. The van der Waals surface area contributed by atoms with Gasteiger partial charge in [0.1, 0.15) is 0 Å². The second-order valence-corrected chi connectivity index (χ2v) is 5.77. The van der Waals surface area contributed by atoms with Gasteiger partial charge in [-0.25, -0.2) is 0 Å². The SMILES string of the molecule is CCn1nccc1C(NC)c1csc(Br)c1. The lowest BCUT2D eigenvalue weighted by Crippen LogP contribution is -2.20. The van der Waals surface area contributed by atoms with Gasteiger partial charge < -0.3 is 5.32 Å². The second kappa shape index (κ2) is 5.12. The summed E-state index contributed by atoms with van der Waals surface area (Å²) in [5, 5.41) is 9.80. The first kappa shape index (κ1) is 11.8. The summed E-state index contributed by atoms with van der Waals surface area (Å²) >= 11 is 5.20. The summed E-state index contributed by atoms with van der Waals surface area (Å²) in [5.41, 5.74) is 2.48. The number of thiophene rings is 1. The molecular weight excluding hydrogens is 286 g/mol. The van der Waals surface area contributed by atoms with Crippen LogP contribution in [-0.4, -0.2) is 16.8 Å². The molecule has 0 saturated carbocycles. The Balaban J connectivity index is 2.36. The van der Waals surface area contributed by atoms with E-state index in [2.05, 4.69) is 50.8 Å². The smallest absolute Gasteiger partial charge is 0.0754 e. The van der Waals surface area contributed by atoms with Crippen molar-refractivity contribution in [3.05, 3.63) is 38.8 Å². The predicted molar refractivity (Wildman–Crippen MR) is 70.8 cm³/mol. The molecule has 1 N–H and O–H groups in total. The van der Waals surface area contributed by atoms with E-state index >= 15 is 0 Å². The highest BCUT2D eigenvalue weighted by Gasteiger charge is 2.17. The van der Waals surface area contributed by atoms with E-state index < -0.39 is 0 Å². The molecule has 86 valence electrons. The Morgan fingerprint density at radius 3 is 3.00 bits per heavy atom. The summed E-state index contributed by atoms with van der Waals surface area (Å²) in [5.74, 6) is 0. The number of halogens is 1. The molecule has 2 aromatic heterocycles. The van der Waals surface area contributed by atoms with Gasteiger partial charge in [0.05, 0.1) is 15.5 Å². The molecule has 5 heteroatoms. The molecule has 0 aliphatic rings. The van der Waals surface area contributed by atoms with E-state index in [4.69, 9.17) is 0 Å². The highest BCUT2D eigenvalue weighted by atomic mass is 79.9. The Morgan fingerprint density at radius 2 is 2.44 bits per heavy atom. The van der Waals surface area contributed by atoms with Gasteiger partial charge in [-0.05, 0) is 53.0 Å². The Bertz CT molecular complexity index is 463. The Morgan fingerprint density at radius 1 is 1.62 bits per heavy atom. The van der Waals surface area contributed by atoms with Crippen molar-refractivity contribution in [2.45, 2.75) is 19.5 Å². The number of hydrogen-bond acceptors (Lipinski definition) is 3. The quantitative estimate of drug-likeness (QED) is 0.940. The van der Waals surface area contributed by atoms with Gasteiger partial charge >= 0.3 is 0 Å². The molecule has 0 aliphatic heterocycles. The van der Waals surface area contributed by atoms with Gasteiger partial charge in [0, 0.05) is 12.7 Å². The third-order valence-electron chi connectivity index (χ3n) is 2.55. The summed E-state index contributed by atoms with van der Waals surface area (Å²) in [6, 6.07) is 4.43. The van der Waals surface area contributed by atoms with Gasteiger partial charge in [-0.2, -0.15) is 5.10 Å². The minimum absolute atomic E-state index is 0.213. The maximum Gasteiger partial charge on any atom is 0.0754 e. The van der Waals surface area contributed by atoms with E-state index in [9.17, 15) is 0 Å². The Kier molecular flexibility index (Phi) is 3.78. The van der Waals surface area contributed by atoms with Gasteiger partial charge in [0.2, 0.25) is 0 Å². The molecule has 0 spiro atoms. The highest BCUT2D eigenvalue weighted by molar-refractivity contribution is 9.11. The lowest BCUT2D eigenvalue weighted by molar-refractivity contribution is 0.564. The zero-order valence-electron chi connectivity index (χ0n) is 9.27. The first-order valence-corrected chi connectivity index (χ1v) is 6.86. The van der Waals surface area contributed by atoms with Crippen molar-refractivity contribution in [1.82, 2.24) is 15.1 Å². The lowest BCUT2D eigenvalue weighted by atomic mass is 10.1. The fourth-order valence-electron chi connectivity index (χ4n) is 1.81. The van der Waals surface area contributed by atoms with Gasteiger partial charge in [-0.1, -0.05) is 0 Å². The van der Waals surface area contributed by atoms with Gasteiger partial charge in [0.25, 0.3) is 0 Å².